The first kappa shape index (κ1) is 17.7. The van der Waals surface area contributed by atoms with Gasteiger partial charge in [0.1, 0.15) is 5.82 Å². The molecule has 1 aromatic rings. The van der Waals surface area contributed by atoms with Crippen LogP contribution in [0.4, 0.5) is 9.18 Å². The number of nitrogens with one attached hydrogen (secondary N) is 2. The average molecular weight is 323 g/mol. The van der Waals surface area contributed by atoms with Crippen molar-refractivity contribution in [2.45, 2.75) is 38.3 Å². The molecule has 2 amide bonds. The number of halogens is 1. The van der Waals surface area contributed by atoms with Crippen LogP contribution in [0.15, 0.2) is 24.3 Å². The molecule has 0 spiro atoms. The minimum atomic E-state index is -0.844. The molecule has 2 rings (SSSR count). The fourth-order valence-electron chi connectivity index (χ4n) is 2.97. The summed E-state index contributed by atoms with van der Waals surface area (Å²) < 4.78 is 12.8. The maximum Gasteiger partial charge on any atom is 0.314 e. The number of carbonyl (C=O) groups is 1. The summed E-state index contributed by atoms with van der Waals surface area (Å²) in [6.45, 7) is 4.94. The van der Waals surface area contributed by atoms with Crippen LogP contribution in [0.3, 0.4) is 0 Å². The maximum absolute atomic E-state index is 12.8. The van der Waals surface area contributed by atoms with Gasteiger partial charge in [-0.2, -0.15) is 0 Å². The number of aliphatic hydroxyl groups is 1. The summed E-state index contributed by atoms with van der Waals surface area (Å²) in [5.74, 6) is -0.348. The lowest BCUT2D eigenvalue weighted by atomic mass is 10.0. The Labute approximate surface area is 136 Å². The second-order valence-electron chi connectivity index (χ2n) is 5.94. The molecule has 1 aromatic carbocycles. The molecule has 2 unspecified atom stereocenters. The van der Waals surface area contributed by atoms with Crippen molar-refractivity contribution in [3.63, 3.8) is 0 Å². The monoisotopic (exact) mass is 323 g/mol. The van der Waals surface area contributed by atoms with E-state index in [-0.39, 0.29) is 18.4 Å². The highest BCUT2D eigenvalue weighted by Gasteiger charge is 2.21. The number of urea groups is 1. The Morgan fingerprint density at radius 3 is 2.78 bits per heavy atom. The first-order chi connectivity index (χ1) is 11.1. The molecule has 1 saturated heterocycles. The van der Waals surface area contributed by atoms with Crippen LogP contribution < -0.4 is 10.6 Å². The summed E-state index contributed by atoms with van der Waals surface area (Å²) in [5.41, 5.74) is 0.580. The molecular weight excluding hydrogens is 297 g/mol. The van der Waals surface area contributed by atoms with E-state index in [0.29, 0.717) is 18.2 Å². The number of nitrogens with zero attached hydrogens (tertiary/aromatic N) is 1. The number of likely N-dealkylation sites (N-methyl/N-ethyl adjacent to an activating group) is 1. The van der Waals surface area contributed by atoms with E-state index >= 15 is 0 Å². The van der Waals surface area contributed by atoms with Gasteiger partial charge >= 0.3 is 6.03 Å². The summed E-state index contributed by atoms with van der Waals surface area (Å²) in [6, 6.07) is 5.72. The highest BCUT2D eigenvalue weighted by atomic mass is 19.1. The molecule has 3 N–H and O–H groups in total. The smallest absolute Gasteiger partial charge is 0.314 e. The molecule has 1 fully saturated rings. The molecule has 128 valence electrons. The molecule has 0 saturated carbocycles. The van der Waals surface area contributed by atoms with Crippen LogP contribution in [-0.4, -0.2) is 48.3 Å². The zero-order valence-corrected chi connectivity index (χ0v) is 13.6. The normalized spacial score (nSPS) is 20.0. The molecule has 5 nitrogen and oxygen atoms in total. The average Bonchev–Trinajstić information content (AvgIpc) is 2.58. The molecule has 0 aromatic heterocycles. The van der Waals surface area contributed by atoms with Gasteiger partial charge in [0.15, 0.2) is 0 Å². The van der Waals surface area contributed by atoms with Crippen LogP contribution in [0.25, 0.3) is 0 Å². The molecule has 23 heavy (non-hydrogen) atoms. The van der Waals surface area contributed by atoms with Crippen molar-refractivity contribution < 1.29 is 14.3 Å². The van der Waals surface area contributed by atoms with E-state index < -0.39 is 6.10 Å². The Balaban J connectivity index is 1.71. The fourth-order valence-corrected chi connectivity index (χ4v) is 2.97. The lowest BCUT2D eigenvalue weighted by Gasteiger charge is -2.34. The van der Waals surface area contributed by atoms with Crippen molar-refractivity contribution in [2.24, 2.45) is 0 Å². The number of hydrogen-bond acceptors (Lipinski definition) is 3. The molecular formula is C17H26FN3O2. The van der Waals surface area contributed by atoms with Crippen LogP contribution in [0, 0.1) is 5.82 Å². The quantitative estimate of drug-likeness (QED) is 0.750. The number of carbonyl (C=O) groups excluding carboxylic acids is 1. The lowest BCUT2D eigenvalue weighted by molar-refractivity contribution is 0.151. The van der Waals surface area contributed by atoms with E-state index in [2.05, 4.69) is 22.5 Å². The maximum atomic E-state index is 12.8. The SMILES string of the molecule is CCN1CCCCC1CNC(=O)NCC(O)c1ccc(F)cc1. The van der Waals surface area contributed by atoms with Gasteiger partial charge in [0, 0.05) is 19.1 Å². The van der Waals surface area contributed by atoms with E-state index in [0.717, 1.165) is 19.5 Å². The number of likely N-dealkylation sites (tertiary alicyclic amines) is 1. The zero-order chi connectivity index (χ0) is 16.7. The Hall–Kier alpha value is -1.66. The highest BCUT2D eigenvalue weighted by molar-refractivity contribution is 5.73. The summed E-state index contributed by atoms with van der Waals surface area (Å²) in [5, 5.41) is 15.5. The highest BCUT2D eigenvalue weighted by Crippen LogP contribution is 2.15. The molecule has 6 heteroatoms. The molecule has 1 heterocycles. The third-order valence-electron chi connectivity index (χ3n) is 4.36. The number of hydrogen-bond donors (Lipinski definition) is 3. The molecule has 0 radical (unpaired) electrons. The second-order valence-corrected chi connectivity index (χ2v) is 5.94. The van der Waals surface area contributed by atoms with Gasteiger partial charge < -0.3 is 15.7 Å². The molecule has 2 atom stereocenters. The third kappa shape index (κ3) is 5.48. The predicted molar refractivity (Wildman–Crippen MR) is 87.6 cm³/mol. The van der Waals surface area contributed by atoms with Crippen LogP contribution in [0.1, 0.15) is 37.9 Å². The van der Waals surface area contributed by atoms with Gasteiger partial charge in [-0.1, -0.05) is 25.5 Å². The summed E-state index contributed by atoms with van der Waals surface area (Å²) in [7, 11) is 0. The Bertz CT molecular complexity index is 495. The van der Waals surface area contributed by atoms with Crippen LogP contribution >= 0.6 is 0 Å². The van der Waals surface area contributed by atoms with Crippen LogP contribution in [0.2, 0.25) is 0 Å². The summed E-state index contributed by atoms with van der Waals surface area (Å²) in [4.78, 5) is 14.2. The molecule has 1 aliphatic rings. The Morgan fingerprint density at radius 1 is 1.35 bits per heavy atom. The van der Waals surface area contributed by atoms with E-state index in [4.69, 9.17) is 0 Å². The number of benzene rings is 1. The van der Waals surface area contributed by atoms with Gasteiger partial charge in [-0.25, -0.2) is 9.18 Å². The molecule has 1 aliphatic heterocycles. The zero-order valence-electron chi connectivity index (χ0n) is 13.6. The standard InChI is InChI=1S/C17H26FN3O2/c1-2-21-10-4-3-5-15(21)11-19-17(23)20-12-16(22)13-6-8-14(18)9-7-13/h6-9,15-16,22H,2-5,10-12H2,1H3,(H2,19,20,23). The predicted octanol–water partition coefficient (Wildman–Crippen LogP) is 2.03. The van der Waals surface area contributed by atoms with E-state index in [1.54, 1.807) is 0 Å². The number of piperidine rings is 1. The van der Waals surface area contributed by atoms with Gasteiger partial charge in [0.05, 0.1) is 6.10 Å². The van der Waals surface area contributed by atoms with E-state index in [9.17, 15) is 14.3 Å². The minimum absolute atomic E-state index is 0.0968. The van der Waals surface area contributed by atoms with Gasteiger partial charge in [-0.05, 0) is 43.6 Å². The van der Waals surface area contributed by atoms with E-state index in [1.807, 2.05) is 0 Å². The lowest BCUT2D eigenvalue weighted by Crippen LogP contribution is -2.48. The second kappa shape index (κ2) is 8.84. The number of rotatable bonds is 6. The number of amides is 2. The van der Waals surface area contributed by atoms with Crippen LogP contribution in [0.5, 0.6) is 0 Å². The van der Waals surface area contributed by atoms with Crippen molar-refractivity contribution in [3.8, 4) is 0 Å². The Morgan fingerprint density at radius 2 is 2.09 bits per heavy atom. The van der Waals surface area contributed by atoms with E-state index in [1.165, 1.54) is 37.1 Å². The van der Waals surface area contributed by atoms with Crippen molar-refractivity contribution in [3.05, 3.63) is 35.6 Å². The van der Waals surface area contributed by atoms with Gasteiger partial charge in [0.2, 0.25) is 0 Å². The minimum Gasteiger partial charge on any atom is -0.387 e. The van der Waals surface area contributed by atoms with Crippen molar-refractivity contribution in [1.29, 1.82) is 0 Å². The largest absolute Gasteiger partial charge is 0.387 e. The third-order valence-corrected chi connectivity index (χ3v) is 4.36. The van der Waals surface area contributed by atoms with Gasteiger partial charge in [-0.3, -0.25) is 4.90 Å². The number of aliphatic hydroxyl groups excluding tert-OH is 1. The summed E-state index contributed by atoms with van der Waals surface area (Å²) >= 11 is 0. The van der Waals surface area contributed by atoms with Crippen LogP contribution in [-0.2, 0) is 0 Å². The first-order valence-corrected chi connectivity index (χ1v) is 8.29. The molecule has 0 aliphatic carbocycles. The summed E-state index contributed by atoms with van der Waals surface area (Å²) in [6.07, 6.45) is 2.68. The van der Waals surface area contributed by atoms with Gasteiger partial charge in [-0.15, -0.1) is 0 Å². The molecule has 0 bridgehead atoms. The Kier molecular flexibility index (Phi) is 6.80. The topological polar surface area (TPSA) is 64.6 Å². The van der Waals surface area contributed by atoms with Gasteiger partial charge in [0.25, 0.3) is 0 Å². The fraction of sp³-hybridized carbons (Fsp3) is 0.588. The van der Waals surface area contributed by atoms with Crippen molar-refractivity contribution >= 4 is 6.03 Å². The first-order valence-electron chi connectivity index (χ1n) is 8.29. The van der Waals surface area contributed by atoms with Crippen molar-refractivity contribution in [1.82, 2.24) is 15.5 Å². The van der Waals surface area contributed by atoms with Crippen molar-refractivity contribution in [2.75, 3.05) is 26.2 Å².